The molecule has 2 aromatic carbocycles. The fourth-order valence-electron chi connectivity index (χ4n) is 4.92. The van der Waals surface area contributed by atoms with Crippen LogP contribution in [0.25, 0.3) is 21.0 Å². The summed E-state index contributed by atoms with van der Waals surface area (Å²) in [6.07, 6.45) is 5.50. The molecule has 0 bridgehead atoms. The van der Waals surface area contributed by atoms with Gasteiger partial charge in [0.2, 0.25) is 0 Å². The topological polar surface area (TPSA) is 77.4 Å². The van der Waals surface area contributed by atoms with E-state index in [1.807, 2.05) is 38.2 Å². The molecule has 0 radical (unpaired) electrons. The molecule has 31 heavy (non-hydrogen) atoms. The van der Waals surface area contributed by atoms with E-state index >= 15 is 0 Å². The van der Waals surface area contributed by atoms with Crippen LogP contribution in [0.5, 0.6) is 5.75 Å². The van der Waals surface area contributed by atoms with E-state index in [1.165, 1.54) is 28.0 Å². The first-order chi connectivity index (χ1) is 15.0. The first-order valence-corrected chi connectivity index (χ1v) is 12.0. The molecule has 2 atom stereocenters. The van der Waals surface area contributed by atoms with E-state index in [2.05, 4.69) is 23.1 Å². The van der Waals surface area contributed by atoms with Gasteiger partial charge in [-0.2, -0.15) is 0 Å². The van der Waals surface area contributed by atoms with Crippen molar-refractivity contribution in [1.29, 1.82) is 0 Å². The second-order valence-corrected chi connectivity index (χ2v) is 9.95. The summed E-state index contributed by atoms with van der Waals surface area (Å²) in [6, 6.07) is 13.5. The number of ether oxygens (including phenoxy) is 1. The van der Waals surface area contributed by atoms with Crippen LogP contribution in [0.4, 0.5) is 5.69 Å². The Labute approximate surface area is 188 Å². The lowest BCUT2D eigenvalue weighted by molar-refractivity contribution is 0.242. The van der Waals surface area contributed by atoms with Gasteiger partial charge in [0.05, 0.1) is 16.7 Å². The van der Waals surface area contributed by atoms with Crippen molar-refractivity contribution in [3.05, 3.63) is 53.7 Å². The van der Waals surface area contributed by atoms with Crippen LogP contribution < -0.4 is 16.2 Å². The van der Waals surface area contributed by atoms with Gasteiger partial charge in [0.1, 0.15) is 10.8 Å². The van der Waals surface area contributed by atoms with Gasteiger partial charge in [0.25, 0.3) is 0 Å². The SMILES string of the molecule is CC(C)Oc1ccc(-c2ncc(-c3cccc4c3CCC4N3CCC(N)C3)s2)cc1N. The Morgan fingerprint density at radius 2 is 2.06 bits per heavy atom. The van der Waals surface area contributed by atoms with E-state index in [9.17, 15) is 0 Å². The first-order valence-electron chi connectivity index (χ1n) is 11.1. The van der Waals surface area contributed by atoms with Gasteiger partial charge in [-0.05, 0) is 68.0 Å². The Balaban J connectivity index is 1.42. The number of anilines is 1. The van der Waals surface area contributed by atoms with Gasteiger partial charge >= 0.3 is 0 Å². The molecule has 2 unspecified atom stereocenters. The minimum atomic E-state index is 0.0971. The number of nitrogens with two attached hydrogens (primary N) is 2. The number of hydrogen-bond donors (Lipinski definition) is 2. The van der Waals surface area contributed by atoms with Crippen molar-refractivity contribution in [2.45, 2.75) is 51.3 Å². The van der Waals surface area contributed by atoms with Crippen LogP contribution in [0.2, 0.25) is 0 Å². The highest BCUT2D eigenvalue weighted by Gasteiger charge is 2.33. The van der Waals surface area contributed by atoms with Gasteiger partial charge in [-0.15, -0.1) is 11.3 Å². The number of hydrogen-bond acceptors (Lipinski definition) is 6. The monoisotopic (exact) mass is 434 g/mol. The Bertz CT molecular complexity index is 1090. The lowest BCUT2D eigenvalue weighted by Gasteiger charge is -2.24. The highest BCUT2D eigenvalue weighted by Crippen LogP contribution is 2.44. The van der Waals surface area contributed by atoms with Crippen LogP contribution in [0.1, 0.15) is 43.9 Å². The normalized spacial score (nSPS) is 21.0. The maximum atomic E-state index is 6.22. The van der Waals surface area contributed by atoms with Crippen molar-refractivity contribution in [3.63, 3.8) is 0 Å². The zero-order valence-corrected chi connectivity index (χ0v) is 19.0. The van der Waals surface area contributed by atoms with Crippen molar-refractivity contribution in [1.82, 2.24) is 9.88 Å². The molecule has 1 aliphatic carbocycles. The van der Waals surface area contributed by atoms with Crippen LogP contribution in [0, 0.1) is 0 Å². The predicted octanol–water partition coefficient (Wildman–Crippen LogP) is 4.87. The van der Waals surface area contributed by atoms with Crippen molar-refractivity contribution in [2.75, 3.05) is 18.8 Å². The summed E-state index contributed by atoms with van der Waals surface area (Å²) >= 11 is 1.73. The number of nitrogens with zero attached hydrogens (tertiary/aromatic N) is 2. The Morgan fingerprint density at radius 3 is 2.81 bits per heavy atom. The fourth-order valence-corrected chi connectivity index (χ4v) is 5.88. The van der Waals surface area contributed by atoms with Gasteiger partial charge in [-0.1, -0.05) is 18.2 Å². The number of likely N-dealkylation sites (tertiary alicyclic amines) is 1. The maximum absolute atomic E-state index is 6.22. The first kappa shape index (κ1) is 20.5. The molecule has 4 N–H and O–H groups in total. The average molecular weight is 435 g/mol. The lowest BCUT2D eigenvalue weighted by Crippen LogP contribution is -2.29. The van der Waals surface area contributed by atoms with Crippen LogP contribution in [0.15, 0.2) is 42.6 Å². The quantitative estimate of drug-likeness (QED) is 0.561. The highest BCUT2D eigenvalue weighted by molar-refractivity contribution is 7.18. The molecule has 0 saturated carbocycles. The van der Waals surface area contributed by atoms with Crippen molar-refractivity contribution in [3.8, 4) is 26.8 Å². The molecule has 5 nitrogen and oxygen atoms in total. The molecule has 1 fully saturated rings. The number of thiazole rings is 1. The van der Waals surface area contributed by atoms with Crippen LogP contribution in [0.3, 0.4) is 0 Å². The summed E-state index contributed by atoms with van der Waals surface area (Å²) in [5, 5.41) is 0.982. The zero-order valence-electron chi connectivity index (χ0n) is 18.2. The summed E-state index contributed by atoms with van der Waals surface area (Å²) < 4.78 is 5.77. The zero-order chi connectivity index (χ0) is 21.5. The Hall–Kier alpha value is -2.41. The van der Waals surface area contributed by atoms with Gasteiger partial charge in [-0.25, -0.2) is 4.98 Å². The minimum absolute atomic E-state index is 0.0971. The van der Waals surface area contributed by atoms with Gasteiger partial charge in [0, 0.05) is 36.9 Å². The molecule has 6 heteroatoms. The van der Waals surface area contributed by atoms with Gasteiger partial charge in [-0.3, -0.25) is 4.90 Å². The van der Waals surface area contributed by atoms with E-state index in [4.69, 9.17) is 21.2 Å². The summed E-state index contributed by atoms with van der Waals surface area (Å²) in [6.45, 7) is 6.12. The van der Waals surface area contributed by atoms with Crippen LogP contribution in [-0.2, 0) is 6.42 Å². The molecule has 0 amide bonds. The third-order valence-electron chi connectivity index (χ3n) is 6.33. The number of nitrogen functional groups attached to an aromatic ring is 1. The largest absolute Gasteiger partial charge is 0.489 e. The standard InChI is InChI=1S/C25H30N4OS/c1-15(2)30-23-9-6-16(12-21(23)27)25-28-13-24(31-25)20-5-3-4-19-18(20)7-8-22(19)29-11-10-17(26)14-29/h3-6,9,12-13,15,17,22H,7-8,10-11,14,26-27H2,1-2H3. The van der Waals surface area contributed by atoms with Crippen LogP contribution >= 0.6 is 11.3 Å². The van der Waals surface area contributed by atoms with E-state index < -0.39 is 0 Å². The minimum Gasteiger partial charge on any atom is -0.489 e. The van der Waals surface area contributed by atoms with Gasteiger partial charge in [0.15, 0.2) is 0 Å². The molecule has 2 aliphatic rings. The summed E-state index contributed by atoms with van der Waals surface area (Å²) in [7, 11) is 0. The smallest absolute Gasteiger partial charge is 0.142 e. The second-order valence-electron chi connectivity index (χ2n) is 8.92. The maximum Gasteiger partial charge on any atom is 0.142 e. The molecule has 1 aromatic heterocycles. The molecule has 2 heterocycles. The van der Waals surface area contributed by atoms with E-state index in [1.54, 1.807) is 11.3 Å². The molecular weight excluding hydrogens is 404 g/mol. The summed E-state index contributed by atoms with van der Waals surface area (Å²) in [5.74, 6) is 0.726. The second kappa shape index (κ2) is 8.26. The Morgan fingerprint density at radius 1 is 1.19 bits per heavy atom. The number of fused-ring (bicyclic) bond motifs is 1. The number of aromatic nitrogens is 1. The van der Waals surface area contributed by atoms with Crippen molar-refractivity contribution < 1.29 is 4.74 Å². The van der Waals surface area contributed by atoms with Crippen LogP contribution in [-0.4, -0.2) is 35.1 Å². The lowest BCUT2D eigenvalue weighted by atomic mass is 10.0. The summed E-state index contributed by atoms with van der Waals surface area (Å²) in [4.78, 5) is 8.51. The molecule has 1 aliphatic heterocycles. The third-order valence-corrected chi connectivity index (χ3v) is 7.41. The molecule has 1 saturated heterocycles. The van der Waals surface area contributed by atoms with E-state index in [0.717, 1.165) is 42.3 Å². The summed E-state index contributed by atoms with van der Waals surface area (Å²) in [5.41, 5.74) is 18.3. The predicted molar refractivity (Wildman–Crippen MR) is 128 cm³/mol. The van der Waals surface area contributed by atoms with Crippen molar-refractivity contribution >= 4 is 17.0 Å². The van der Waals surface area contributed by atoms with Crippen molar-refractivity contribution in [2.24, 2.45) is 5.73 Å². The number of benzene rings is 2. The van der Waals surface area contributed by atoms with E-state index in [-0.39, 0.29) is 6.10 Å². The van der Waals surface area contributed by atoms with Gasteiger partial charge < -0.3 is 16.2 Å². The molecule has 5 rings (SSSR count). The molecule has 3 aromatic rings. The fraction of sp³-hybridized carbons (Fsp3) is 0.400. The third kappa shape index (κ3) is 3.95. The van der Waals surface area contributed by atoms with E-state index in [0.29, 0.717) is 17.8 Å². The molecule has 162 valence electrons. The number of rotatable bonds is 5. The average Bonchev–Trinajstić information content (AvgIpc) is 3.48. The molecule has 0 spiro atoms. The molecular formula is C25H30N4OS. The highest BCUT2D eigenvalue weighted by atomic mass is 32.1. The Kier molecular flexibility index (Phi) is 5.46.